The lowest BCUT2D eigenvalue weighted by Gasteiger charge is -2.30. The van der Waals surface area contributed by atoms with Crippen molar-refractivity contribution < 1.29 is 13.2 Å². The first-order chi connectivity index (χ1) is 10.3. The third kappa shape index (κ3) is 4.20. The fourth-order valence-electron chi connectivity index (χ4n) is 2.49. The molecule has 0 atom stereocenters. The van der Waals surface area contributed by atoms with Gasteiger partial charge in [0.1, 0.15) is 0 Å². The molecule has 1 N–H and O–H groups in total. The maximum atomic E-state index is 12.3. The Morgan fingerprint density at radius 2 is 2.00 bits per heavy atom. The van der Waals surface area contributed by atoms with Gasteiger partial charge in [-0.25, -0.2) is 12.7 Å². The minimum absolute atomic E-state index is 0.0202. The maximum absolute atomic E-state index is 12.3. The van der Waals surface area contributed by atoms with Crippen molar-refractivity contribution in [3.8, 4) is 0 Å². The number of halogens is 1. The Kier molecular flexibility index (Phi) is 5.84. The van der Waals surface area contributed by atoms with Crippen molar-refractivity contribution in [1.29, 1.82) is 0 Å². The molecule has 0 spiro atoms. The van der Waals surface area contributed by atoms with Gasteiger partial charge in [-0.2, -0.15) is 0 Å². The van der Waals surface area contributed by atoms with Crippen LogP contribution in [0.2, 0.25) is 0 Å². The smallest absolute Gasteiger partial charge is 0.227 e. The fraction of sp³-hybridized carbons (Fsp3) is 0.533. The van der Waals surface area contributed by atoms with Gasteiger partial charge in [-0.15, -0.1) is 0 Å². The molecule has 0 radical (unpaired) electrons. The molecule has 1 aromatic rings. The van der Waals surface area contributed by atoms with Crippen LogP contribution >= 0.6 is 22.6 Å². The van der Waals surface area contributed by atoms with Crippen LogP contribution in [0.4, 0.5) is 5.69 Å². The number of carbonyl (C=O) groups excluding carboxylic acids is 1. The molecule has 122 valence electrons. The number of anilines is 1. The minimum Gasteiger partial charge on any atom is -0.326 e. The number of nitrogens with one attached hydrogen (secondary N) is 1. The average molecular weight is 436 g/mol. The number of sulfonamides is 1. The zero-order valence-corrected chi connectivity index (χ0v) is 15.8. The van der Waals surface area contributed by atoms with Gasteiger partial charge < -0.3 is 5.32 Å². The molecule has 1 amide bonds. The van der Waals surface area contributed by atoms with Crippen molar-refractivity contribution >= 4 is 44.2 Å². The highest BCUT2D eigenvalue weighted by molar-refractivity contribution is 14.1. The number of aryl methyl sites for hydroxylation is 1. The van der Waals surface area contributed by atoms with Gasteiger partial charge in [0.25, 0.3) is 0 Å². The average Bonchev–Trinajstić information content (AvgIpc) is 2.51. The molecule has 22 heavy (non-hydrogen) atoms. The zero-order valence-electron chi connectivity index (χ0n) is 12.8. The van der Waals surface area contributed by atoms with Crippen LogP contribution in [0.5, 0.6) is 0 Å². The standard InChI is InChI=1S/C15H21IN2O3S/c1-3-22(20,21)18-8-6-12(7-9-18)15(19)17-13-5-4-11(2)14(16)10-13/h4-5,10,12H,3,6-9H2,1-2H3,(H,17,19). The van der Waals surface area contributed by atoms with E-state index in [-0.39, 0.29) is 17.6 Å². The van der Waals surface area contributed by atoms with E-state index in [0.29, 0.717) is 25.9 Å². The Bertz CT molecular complexity index is 653. The summed E-state index contributed by atoms with van der Waals surface area (Å²) in [6.45, 7) is 4.53. The Balaban J connectivity index is 1.94. The lowest BCUT2D eigenvalue weighted by Crippen LogP contribution is -2.42. The van der Waals surface area contributed by atoms with E-state index in [4.69, 9.17) is 0 Å². The molecule has 0 aliphatic carbocycles. The number of rotatable bonds is 4. The quantitative estimate of drug-likeness (QED) is 0.739. The predicted molar refractivity (Wildman–Crippen MR) is 96.3 cm³/mol. The normalized spacial score (nSPS) is 17.4. The van der Waals surface area contributed by atoms with Crippen molar-refractivity contribution in [2.45, 2.75) is 26.7 Å². The summed E-state index contributed by atoms with van der Waals surface area (Å²) >= 11 is 2.24. The largest absolute Gasteiger partial charge is 0.326 e. The second-order valence-electron chi connectivity index (χ2n) is 5.53. The molecule has 0 saturated carbocycles. The van der Waals surface area contributed by atoms with Gasteiger partial charge in [-0.3, -0.25) is 4.79 Å². The molecule has 1 aliphatic heterocycles. The van der Waals surface area contributed by atoms with E-state index >= 15 is 0 Å². The van der Waals surface area contributed by atoms with Crippen LogP contribution in [0.25, 0.3) is 0 Å². The number of hydrogen-bond donors (Lipinski definition) is 1. The van der Waals surface area contributed by atoms with E-state index in [1.807, 2.05) is 25.1 Å². The summed E-state index contributed by atoms with van der Waals surface area (Å²) in [4.78, 5) is 12.3. The van der Waals surface area contributed by atoms with Gasteiger partial charge >= 0.3 is 0 Å². The van der Waals surface area contributed by atoms with Crippen LogP contribution in [-0.2, 0) is 14.8 Å². The second-order valence-corrected chi connectivity index (χ2v) is 8.95. The maximum Gasteiger partial charge on any atom is 0.227 e. The van der Waals surface area contributed by atoms with E-state index in [1.165, 1.54) is 9.87 Å². The van der Waals surface area contributed by atoms with E-state index in [9.17, 15) is 13.2 Å². The number of carbonyl (C=O) groups is 1. The van der Waals surface area contributed by atoms with Gasteiger partial charge in [0.2, 0.25) is 15.9 Å². The predicted octanol–water partition coefficient (Wildman–Crippen LogP) is 2.60. The van der Waals surface area contributed by atoms with Gasteiger partial charge in [-0.1, -0.05) is 6.07 Å². The molecule has 0 bridgehead atoms. The fourth-order valence-corrected chi connectivity index (χ4v) is 4.14. The van der Waals surface area contributed by atoms with Crippen LogP contribution in [0.3, 0.4) is 0 Å². The lowest BCUT2D eigenvalue weighted by molar-refractivity contribution is -0.120. The lowest BCUT2D eigenvalue weighted by atomic mass is 9.97. The molecule has 7 heteroatoms. The van der Waals surface area contributed by atoms with E-state index in [0.717, 1.165) is 9.26 Å². The molecular formula is C15H21IN2O3S. The Morgan fingerprint density at radius 1 is 1.36 bits per heavy atom. The monoisotopic (exact) mass is 436 g/mol. The van der Waals surface area contributed by atoms with Crippen LogP contribution < -0.4 is 5.32 Å². The van der Waals surface area contributed by atoms with Crippen LogP contribution in [0, 0.1) is 16.4 Å². The summed E-state index contributed by atoms with van der Waals surface area (Å²) in [5.41, 5.74) is 1.97. The summed E-state index contributed by atoms with van der Waals surface area (Å²) in [7, 11) is -3.14. The van der Waals surface area contributed by atoms with Crippen molar-refractivity contribution in [1.82, 2.24) is 4.31 Å². The first-order valence-electron chi connectivity index (χ1n) is 7.38. The molecule has 0 aromatic heterocycles. The summed E-state index contributed by atoms with van der Waals surface area (Å²) in [5, 5.41) is 2.94. The SMILES string of the molecule is CCS(=O)(=O)N1CCC(C(=O)Nc2ccc(C)c(I)c2)CC1. The zero-order chi connectivity index (χ0) is 16.3. The van der Waals surface area contributed by atoms with Crippen LogP contribution in [0.15, 0.2) is 18.2 Å². The van der Waals surface area contributed by atoms with Crippen molar-refractivity contribution in [2.24, 2.45) is 5.92 Å². The summed E-state index contributed by atoms with van der Waals surface area (Å²) < 4.78 is 26.2. The van der Waals surface area contributed by atoms with Gasteiger partial charge in [0, 0.05) is 28.3 Å². The molecule has 5 nitrogen and oxygen atoms in total. The minimum atomic E-state index is -3.14. The highest BCUT2D eigenvalue weighted by atomic mass is 127. The topological polar surface area (TPSA) is 66.5 Å². The Morgan fingerprint density at radius 3 is 2.55 bits per heavy atom. The molecule has 1 heterocycles. The van der Waals surface area contributed by atoms with Crippen molar-refractivity contribution in [3.63, 3.8) is 0 Å². The van der Waals surface area contributed by atoms with Gasteiger partial charge in [-0.05, 0) is 67.0 Å². The first kappa shape index (κ1) is 17.7. The summed E-state index contributed by atoms with van der Waals surface area (Å²) in [6, 6.07) is 5.82. The van der Waals surface area contributed by atoms with E-state index < -0.39 is 10.0 Å². The highest BCUT2D eigenvalue weighted by Crippen LogP contribution is 2.23. The Labute approximate surface area is 145 Å². The van der Waals surface area contributed by atoms with E-state index in [1.54, 1.807) is 6.92 Å². The number of benzene rings is 1. The first-order valence-corrected chi connectivity index (χ1v) is 10.1. The van der Waals surface area contributed by atoms with Crippen LogP contribution in [-0.4, -0.2) is 37.5 Å². The third-order valence-electron chi connectivity index (χ3n) is 4.02. The molecule has 1 aliphatic rings. The van der Waals surface area contributed by atoms with Gasteiger partial charge in [0.05, 0.1) is 5.75 Å². The number of piperidine rings is 1. The molecular weight excluding hydrogens is 415 g/mol. The number of nitrogens with zero attached hydrogens (tertiary/aromatic N) is 1. The number of hydrogen-bond acceptors (Lipinski definition) is 3. The molecule has 1 saturated heterocycles. The second kappa shape index (κ2) is 7.27. The molecule has 1 fully saturated rings. The molecule has 2 rings (SSSR count). The Hall–Kier alpha value is -0.670. The van der Waals surface area contributed by atoms with Crippen molar-refractivity contribution in [3.05, 3.63) is 27.3 Å². The highest BCUT2D eigenvalue weighted by Gasteiger charge is 2.30. The number of amides is 1. The molecule has 1 aromatic carbocycles. The third-order valence-corrected chi connectivity index (χ3v) is 7.07. The molecule has 0 unspecified atom stereocenters. The van der Waals surface area contributed by atoms with Crippen LogP contribution in [0.1, 0.15) is 25.3 Å². The van der Waals surface area contributed by atoms with E-state index in [2.05, 4.69) is 27.9 Å². The summed E-state index contributed by atoms with van der Waals surface area (Å²) in [5.74, 6) is -0.0264. The van der Waals surface area contributed by atoms with Crippen molar-refractivity contribution in [2.75, 3.05) is 24.2 Å². The summed E-state index contributed by atoms with van der Waals surface area (Å²) in [6.07, 6.45) is 1.15. The van der Waals surface area contributed by atoms with Gasteiger partial charge in [0.15, 0.2) is 0 Å².